The maximum Gasteiger partial charge on any atom is 1.00 e. The SMILES string of the molecule is C=CCN1CCN(C(=S)[S-])CC1.[Na+]. The average Bonchev–Trinajstić information content (AvgIpc) is 2.06. The van der Waals surface area contributed by atoms with Crippen LogP contribution >= 0.6 is 12.2 Å². The van der Waals surface area contributed by atoms with Gasteiger partial charge >= 0.3 is 29.6 Å². The first-order valence-corrected chi connectivity index (χ1v) is 4.85. The van der Waals surface area contributed by atoms with E-state index in [2.05, 4.69) is 16.4 Å². The maximum absolute atomic E-state index is 4.92. The van der Waals surface area contributed by atoms with Gasteiger partial charge in [0.25, 0.3) is 0 Å². The van der Waals surface area contributed by atoms with Gasteiger partial charge in [0.2, 0.25) is 0 Å². The number of thiocarbonyl (C=S) groups is 1. The summed E-state index contributed by atoms with van der Waals surface area (Å²) in [5, 5.41) is 0. The molecule has 0 amide bonds. The van der Waals surface area contributed by atoms with Crippen LogP contribution in [-0.4, -0.2) is 46.8 Å². The van der Waals surface area contributed by atoms with Crippen LogP contribution < -0.4 is 29.6 Å². The van der Waals surface area contributed by atoms with Gasteiger partial charge in [-0.2, -0.15) is 0 Å². The van der Waals surface area contributed by atoms with Crippen LogP contribution in [0.2, 0.25) is 0 Å². The Bertz CT molecular complexity index is 179. The minimum Gasteiger partial charge on any atom is -0.411 e. The Labute approximate surface area is 113 Å². The van der Waals surface area contributed by atoms with Gasteiger partial charge in [0, 0.05) is 32.7 Å². The smallest absolute Gasteiger partial charge is 0.411 e. The third-order valence-corrected chi connectivity index (χ3v) is 2.53. The summed E-state index contributed by atoms with van der Waals surface area (Å²) in [5.41, 5.74) is 0. The molecule has 0 aromatic heterocycles. The summed E-state index contributed by atoms with van der Waals surface area (Å²) in [6.45, 7) is 8.70. The third-order valence-electron chi connectivity index (χ3n) is 2.02. The van der Waals surface area contributed by atoms with Gasteiger partial charge in [-0.05, 0) is 0 Å². The van der Waals surface area contributed by atoms with Crippen molar-refractivity contribution in [3.05, 3.63) is 12.7 Å². The van der Waals surface area contributed by atoms with Crippen LogP contribution in [-0.2, 0) is 12.6 Å². The van der Waals surface area contributed by atoms with Gasteiger partial charge in [0.05, 0.1) is 0 Å². The van der Waals surface area contributed by atoms with Crippen molar-refractivity contribution in [1.29, 1.82) is 0 Å². The molecule has 0 aromatic rings. The molecule has 1 heterocycles. The van der Waals surface area contributed by atoms with Crippen molar-refractivity contribution in [2.45, 2.75) is 0 Å². The number of hydrogen-bond acceptors (Lipinski definition) is 3. The van der Waals surface area contributed by atoms with E-state index in [9.17, 15) is 0 Å². The van der Waals surface area contributed by atoms with E-state index < -0.39 is 0 Å². The summed E-state index contributed by atoms with van der Waals surface area (Å²) >= 11 is 9.84. The molecule has 0 aromatic carbocycles. The molecule has 1 aliphatic heterocycles. The van der Waals surface area contributed by atoms with Crippen molar-refractivity contribution in [1.82, 2.24) is 9.80 Å². The van der Waals surface area contributed by atoms with Crippen LogP contribution in [0.25, 0.3) is 0 Å². The first-order chi connectivity index (χ1) is 5.74. The van der Waals surface area contributed by atoms with Gasteiger partial charge in [0.1, 0.15) is 0 Å². The number of piperazine rings is 1. The van der Waals surface area contributed by atoms with E-state index in [0.717, 1.165) is 32.7 Å². The van der Waals surface area contributed by atoms with Crippen molar-refractivity contribution in [2.24, 2.45) is 0 Å². The molecular formula is C8H13N2NaS2. The van der Waals surface area contributed by atoms with E-state index in [1.165, 1.54) is 0 Å². The topological polar surface area (TPSA) is 6.48 Å². The van der Waals surface area contributed by atoms with Crippen LogP contribution in [0.1, 0.15) is 0 Å². The summed E-state index contributed by atoms with van der Waals surface area (Å²) in [5.74, 6) is 0. The molecule has 1 saturated heterocycles. The van der Waals surface area contributed by atoms with Gasteiger partial charge in [0.15, 0.2) is 0 Å². The molecule has 0 atom stereocenters. The molecule has 0 N–H and O–H groups in total. The molecule has 0 unspecified atom stereocenters. The fourth-order valence-corrected chi connectivity index (χ4v) is 1.66. The zero-order valence-electron chi connectivity index (χ0n) is 8.03. The molecule has 0 saturated carbocycles. The summed E-state index contributed by atoms with van der Waals surface area (Å²) < 4.78 is 0.605. The Morgan fingerprint density at radius 2 is 1.92 bits per heavy atom. The molecule has 0 bridgehead atoms. The average molecular weight is 224 g/mol. The van der Waals surface area contributed by atoms with E-state index in [0.29, 0.717) is 4.32 Å². The van der Waals surface area contributed by atoms with Crippen molar-refractivity contribution >= 4 is 29.2 Å². The molecule has 1 aliphatic rings. The van der Waals surface area contributed by atoms with Crippen molar-refractivity contribution < 1.29 is 29.6 Å². The predicted molar refractivity (Wildman–Crippen MR) is 58.2 cm³/mol. The molecule has 1 fully saturated rings. The number of rotatable bonds is 2. The Kier molecular flexibility index (Phi) is 7.59. The second kappa shape index (κ2) is 7.15. The number of hydrogen-bond donors (Lipinski definition) is 0. The fraction of sp³-hybridized carbons (Fsp3) is 0.625. The Hall–Kier alpha value is 0.810. The van der Waals surface area contributed by atoms with Gasteiger partial charge in [-0.15, -0.1) is 6.58 Å². The largest absolute Gasteiger partial charge is 1.00 e. The van der Waals surface area contributed by atoms with Crippen molar-refractivity contribution in [3.8, 4) is 0 Å². The van der Waals surface area contributed by atoms with E-state index in [4.69, 9.17) is 24.8 Å². The number of nitrogens with zero attached hydrogens (tertiary/aromatic N) is 2. The minimum absolute atomic E-state index is 0. The second-order valence-electron chi connectivity index (χ2n) is 2.84. The Balaban J connectivity index is 0.00000144. The van der Waals surface area contributed by atoms with Crippen molar-refractivity contribution in [2.75, 3.05) is 32.7 Å². The van der Waals surface area contributed by atoms with Gasteiger partial charge in [-0.1, -0.05) is 10.4 Å². The van der Waals surface area contributed by atoms with E-state index in [1.54, 1.807) is 0 Å². The van der Waals surface area contributed by atoms with E-state index in [-0.39, 0.29) is 29.6 Å². The van der Waals surface area contributed by atoms with Crippen molar-refractivity contribution in [3.63, 3.8) is 0 Å². The third kappa shape index (κ3) is 4.72. The second-order valence-corrected chi connectivity index (χ2v) is 3.87. The zero-order chi connectivity index (χ0) is 8.97. The molecule has 68 valence electrons. The maximum atomic E-state index is 4.92. The summed E-state index contributed by atoms with van der Waals surface area (Å²) in [6, 6.07) is 0. The summed E-state index contributed by atoms with van der Waals surface area (Å²) in [7, 11) is 0. The molecule has 0 aliphatic carbocycles. The van der Waals surface area contributed by atoms with E-state index in [1.807, 2.05) is 6.08 Å². The van der Waals surface area contributed by atoms with Crippen LogP contribution in [0, 0.1) is 0 Å². The zero-order valence-corrected chi connectivity index (χ0v) is 11.7. The Morgan fingerprint density at radius 1 is 1.38 bits per heavy atom. The molecule has 0 radical (unpaired) electrons. The normalized spacial score (nSPS) is 17.7. The molecule has 5 heteroatoms. The van der Waals surface area contributed by atoms with Gasteiger partial charge < -0.3 is 29.7 Å². The molecule has 1 rings (SSSR count). The molecule has 13 heavy (non-hydrogen) atoms. The summed E-state index contributed by atoms with van der Waals surface area (Å²) in [6.07, 6.45) is 1.93. The first kappa shape index (κ1) is 13.8. The van der Waals surface area contributed by atoms with Crippen LogP contribution in [0.3, 0.4) is 0 Å². The van der Waals surface area contributed by atoms with Gasteiger partial charge in [-0.3, -0.25) is 4.90 Å². The quantitative estimate of drug-likeness (QED) is 0.224. The van der Waals surface area contributed by atoms with Crippen LogP contribution in [0.15, 0.2) is 12.7 Å². The van der Waals surface area contributed by atoms with Crippen LogP contribution in [0.5, 0.6) is 0 Å². The van der Waals surface area contributed by atoms with Crippen LogP contribution in [0.4, 0.5) is 0 Å². The standard InChI is InChI=1S/C8H14N2S2.Na/c1-2-3-9-4-6-10(7-5-9)8(11)12;/h2H,1,3-7H2,(H,11,12);/q;+1/p-1. The van der Waals surface area contributed by atoms with E-state index >= 15 is 0 Å². The molecule has 2 nitrogen and oxygen atoms in total. The Morgan fingerprint density at radius 3 is 2.31 bits per heavy atom. The molecular weight excluding hydrogens is 211 g/mol. The predicted octanol–water partition coefficient (Wildman–Crippen LogP) is -2.37. The van der Waals surface area contributed by atoms with Gasteiger partial charge in [-0.25, -0.2) is 0 Å². The first-order valence-electron chi connectivity index (χ1n) is 4.03. The fourth-order valence-electron chi connectivity index (χ4n) is 1.30. The molecule has 0 spiro atoms. The monoisotopic (exact) mass is 224 g/mol. The minimum atomic E-state index is 0. The summed E-state index contributed by atoms with van der Waals surface area (Å²) in [4.78, 5) is 4.42.